The molecule has 0 aliphatic carbocycles. The third kappa shape index (κ3) is 30.7. The first-order chi connectivity index (χ1) is 1.41. The minimum absolute atomic E-state index is 0. The fourth-order valence-corrected chi connectivity index (χ4v) is 0. The molecule has 0 saturated heterocycles. The summed E-state index contributed by atoms with van der Waals surface area (Å²) in [4.78, 5) is 0. The summed E-state index contributed by atoms with van der Waals surface area (Å²) in [5, 5.41) is 7.57. The average molecular weight is 200 g/mol. The van der Waals surface area contributed by atoms with Gasteiger partial charge in [-0.15, -0.1) is 24.0 Å². The average Bonchev–Trinajstić information content (AvgIpc) is 0.918. The van der Waals surface area contributed by atoms with Gasteiger partial charge in [0.1, 0.15) is 0 Å². The molecule has 0 heterocycles. The van der Waals surface area contributed by atoms with Crippen LogP contribution in [0, 0.1) is 0 Å². The zero-order chi connectivity index (χ0) is 2.71. The Morgan fingerprint density at radius 1 is 1.80 bits per heavy atom. The summed E-state index contributed by atoms with van der Waals surface area (Å²) in [6, 6.07) is 0. The van der Waals surface area contributed by atoms with E-state index in [2.05, 4.69) is 0 Å². The van der Waals surface area contributed by atoms with Crippen LogP contribution in [0.15, 0.2) is 0 Å². The summed E-state index contributed by atoms with van der Waals surface area (Å²) in [5.41, 5.74) is 0. The second-order valence-corrected chi connectivity index (χ2v) is 0.316. The number of hydrogen-bond donors (Lipinski definition) is 1. The fraction of sp³-hybridized carbons (Fsp3) is 1.00. The molecular weight excluding hydrogens is 191 g/mol. The summed E-state index contributed by atoms with van der Waals surface area (Å²) in [6.07, 6.45) is 0. The minimum Gasteiger partial charge on any atom is -1.00 e. The van der Waals surface area contributed by atoms with Crippen LogP contribution < -0.4 is 0 Å². The van der Waals surface area contributed by atoms with Crippen LogP contribution in [-0.4, -0.2) is 34.8 Å². The van der Waals surface area contributed by atoms with Gasteiger partial charge in [0.2, 0.25) is 0 Å². The maximum Gasteiger partial charge on any atom is 2.00 e. The largest absolute Gasteiger partial charge is 2.00 e. The quantitative estimate of drug-likeness (QED) is 0.445. The topological polar surface area (TPSA) is 20.2 Å². The van der Waals surface area contributed by atoms with Crippen LogP contribution in [0.5, 0.6) is 0 Å². The number of hydrogen-bond acceptors (Lipinski definition) is 1. The van der Waals surface area contributed by atoms with E-state index in [0.717, 1.165) is 0 Å². The second-order valence-electron chi connectivity index (χ2n) is 0.316. The van der Waals surface area contributed by atoms with Crippen molar-refractivity contribution in [1.29, 1.82) is 0 Å². The van der Waals surface area contributed by atoms with Crippen molar-refractivity contribution in [2.75, 3.05) is 6.61 Å². The molecule has 0 fully saturated rings. The Labute approximate surface area is 68.3 Å². The van der Waals surface area contributed by atoms with Crippen molar-refractivity contribution in [1.82, 2.24) is 0 Å². The summed E-state index contributed by atoms with van der Waals surface area (Å²) < 4.78 is 0. The Morgan fingerprint density at radius 3 is 1.80 bits per heavy atom. The van der Waals surface area contributed by atoms with Gasteiger partial charge in [0.15, 0.2) is 0 Å². The van der Waals surface area contributed by atoms with Gasteiger partial charge in [0.25, 0.3) is 0 Å². The van der Waals surface area contributed by atoms with Crippen LogP contribution in [0.4, 0.5) is 0 Å². The zero-order valence-corrected chi connectivity index (χ0v) is 7.01. The fourth-order valence-electron chi connectivity index (χ4n) is 0. The third-order valence-corrected chi connectivity index (χ3v) is 0. The van der Waals surface area contributed by atoms with E-state index in [0.29, 0.717) is 0 Å². The van der Waals surface area contributed by atoms with Gasteiger partial charge < -0.3 is 7.96 Å². The normalized spacial score (nSPS) is 3.60. The van der Waals surface area contributed by atoms with Crippen LogP contribution >= 0.6 is 24.0 Å². The number of aliphatic hydroxyl groups excluding tert-OH is 1. The summed E-state index contributed by atoms with van der Waals surface area (Å²) in [5.74, 6) is 0. The predicted molar refractivity (Wildman–Crippen MR) is 36.2 cm³/mol. The molecule has 0 aromatic carbocycles. The van der Waals surface area contributed by atoms with Crippen molar-refractivity contribution in [3.8, 4) is 0 Å². The minimum atomic E-state index is 0. The number of halogens is 1. The van der Waals surface area contributed by atoms with Crippen molar-refractivity contribution < 1.29 is 7.96 Å². The van der Waals surface area contributed by atoms with E-state index in [9.17, 15) is 0 Å². The van der Waals surface area contributed by atoms with Gasteiger partial charge in [-0.1, -0.05) is 0 Å². The van der Waals surface area contributed by atoms with Crippen molar-refractivity contribution in [2.24, 2.45) is 0 Å². The molecule has 1 N–H and O–H groups in total. The molecule has 0 aromatic rings. The first-order valence-electron chi connectivity index (χ1n) is 1.02. The molecule has 0 bridgehead atoms. The molecular formula is C2H9IMgO. The number of aliphatic hydroxyl groups is 1. The summed E-state index contributed by atoms with van der Waals surface area (Å²) in [6.45, 7) is 1.93. The van der Waals surface area contributed by atoms with Crippen LogP contribution in [0.25, 0.3) is 0 Å². The Kier molecular flexibility index (Phi) is 57.8. The van der Waals surface area contributed by atoms with Crippen molar-refractivity contribution >= 4 is 47.0 Å². The third-order valence-electron chi connectivity index (χ3n) is 0. The van der Waals surface area contributed by atoms with E-state index in [4.69, 9.17) is 5.11 Å². The predicted octanol–water partition coefficient (Wildman–Crippen LogP) is 0.461. The van der Waals surface area contributed by atoms with Crippen LogP contribution in [0.3, 0.4) is 0 Å². The molecule has 0 radical (unpaired) electrons. The van der Waals surface area contributed by atoms with E-state index in [1.807, 2.05) is 0 Å². The molecule has 0 spiro atoms. The molecule has 3 heteroatoms. The Hall–Kier alpha value is 1.46. The smallest absolute Gasteiger partial charge is 1.00 e. The van der Waals surface area contributed by atoms with Crippen LogP contribution in [-0.2, 0) is 0 Å². The van der Waals surface area contributed by atoms with Gasteiger partial charge in [-0.3, -0.25) is 0 Å². The Bertz CT molecular complexity index is 15.7. The van der Waals surface area contributed by atoms with Crippen molar-refractivity contribution in [3.63, 3.8) is 0 Å². The molecule has 0 rings (SSSR count). The van der Waals surface area contributed by atoms with Gasteiger partial charge in [-0.25, -0.2) is 0 Å². The molecule has 0 amide bonds. The molecule has 0 atom stereocenters. The van der Waals surface area contributed by atoms with E-state index in [1.54, 1.807) is 6.92 Å². The van der Waals surface area contributed by atoms with E-state index in [1.165, 1.54) is 0 Å². The second kappa shape index (κ2) is 18.0. The zero-order valence-electron chi connectivity index (χ0n) is 5.27. The van der Waals surface area contributed by atoms with Crippen molar-refractivity contribution in [3.05, 3.63) is 0 Å². The standard InChI is InChI=1S/C2H6O.HI.Mg.2H/c1-2-3;;;;/h3H,2H2,1H3;1H;;;/q;;+2;2*-1. The molecule has 0 aromatic heterocycles. The molecule has 1 nitrogen and oxygen atoms in total. The first-order valence-corrected chi connectivity index (χ1v) is 1.02. The molecule has 32 valence electrons. The van der Waals surface area contributed by atoms with E-state index < -0.39 is 0 Å². The molecule has 0 aliphatic rings. The van der Waals surface area contributed by atoms with E-state index in [-0.39, 0.29) is 56.5 Å². The van der Waals surface area contributed by atoms with Crippen molar-refractivity contribution in [2.45, 2.75) is 6.92 Å². The van der Waals surface area contributed by atoms with Gasteiger partial charge in [-0.2, -0.15) is 0 Å². The van der Waals surface area contributed by atoms with Crippen LogP contribution in [0.2, 0.25) is 0 Å². The Morgan fingerprint density at radius 2 is 1.80 bits per heavy atom. The number of rotatable bonds is 0. The molecule has 0 saturated carbocycles. The summed E-state index contributed by atoms with van der Waals surface area (Å²) in [7, 11) is 0. The van der Waals surface area contributed by atoms with E-state index >= 15 is 0 Å². The molecule has 0 unspecified atom stereocenters. The first kappa shape index (κ1) is 16.1. The van der Waals surface area contributed by atoms with Crippen LogP contribution in [0.1, 0.15) is 9.78 Å². The van der Waals surface area contributed by atoms with Gasteiger partial charge in [-0.05, 0) is 6.92 Å². The Balaban J connectivity index is -0.00000000333. The summed E-state index contributed by atoms with van der Waals surface area (Å²) >= 11 is 0. The molecule has 5 heavy (non-hydrogen) atoms. The monoisotopic (exact) mass is 200 g/mol. The maximum absolute atomic E-state index is 7.57. The van der Waals surface area contributed by atoms with Gasteiger partial charge in [0.05, 0.1) is 0 Å². The molecule has 0 aliphatic heterocycles. The van der Waals surface area contributed by atoms with Gasteiger partial charge in [0, 0.05) is 6.61 Å². The maximum atomic E-state index is 7.57. The van der Waals surface area contributed by atoms with Gasteiger partial charge >= 0.3 is 23.1 Å². The SMILES string of the molecule is CCO.I.[H-].[H-].[Mg+2].